The Kier molecular flexibility index (Phi) is 4.39. The van der Waals surface area contributed by atoms with Crippen molar-refractivity contribution in [1.82, 2.24) is 14.8 Å². The maximum absolute atomic E-state index is 5.97. The summed E-state index contributed by atoms with van der Waals surface area (Å²) in [5.74, 6) is 1.51. The normalized spacial score (nSPS) is 12.4. The van der Waals surface area contributed by atoms with Crippen LogP contribution in [0.3, 0.4) is 0 Å². The van der Waals surface area contributed by atoms with Crippen LogP contribution >= 0.6 is 11.6 Å². The summed E-state index contributed by atoms with van der Waals surface area (Å²) in [6.07, 6.45) is 1.52. The zero-order chi connectivity index (χ0) is 13.8. The van der Waals surface area contributed by atoms with Crippen LogP contribution in [0.5, 0.6) is 5.75 Å². The van der Waals surface area contributed by atoms with Gasteiger partial charge in [-0.15, -0.1) is 0 Å². The van der Waals surface area contributed by atoms with E-state index in [1.165, 1.54) is 6.33 Å². The molecule has 0 spiro atoms. The Morgan fingerprint density at radius 3 is 2.95 bits per heavy atom. The lowest BCUT2D eigenvalue weighted by Gasteiger charge is -2.14. The first kappa shape index (κ1) is 13.8. The van der Waals surface area contributed by atoms with Crippen molar-refractivity contribution in [3.05, 3.63) is 40.9 Å². The van der Waals surface area contributed by atoms with Crippen LogP contribution in [0, 0.1) is 0 Å². The molecule has 0 aliphatic carbocycles. The Bertz CT molecular complexity index is 553. The molecule has 2 aromatic rings. The van der Waals surface area contributed by atoms with Crippen molar-refractivity contribution in [2.45, 2.75) is 33.0 Å². The number of nitrogens with zero attached hydrogens (tertiary/aromatic N) is 3. The van der Waals surface area contributed by atoms with Crippen LogP contribution in [0.25, 0.3) is 0 Å². The van der Waals surface area contributed by atoms with Crippen molar-refractivity contribution in [3.63, 3.8) is 0 Å². The van der Waals surface area contributed by atoms with E-state index in [0.717, 1.165) is 23.7 Å². The van der Waals surface area contributed by atoms with Gasteiger partial charge in [-0.2, -0.15) is 5.10 Å². The molecule has 0 saturated heterocycles. The third kappa shape index (κ3) is 3.24. The van der Waals surface area contributed by atoms with Gasteiger partial charge in [-0.05, 0) is 32.0 Å². The van der Waals surface area contributed by atoms with Gasteiger partial charge >= 0.3 is 0 Å². The van der Waals surface area contributed by atoms with Gasteiger partial charge in [0.1, 0.15) is 18.7 Å². The molecule has 0 radical (unpaired) electrons. The number of hydrogen-bond donors (Lipinski definition) is 1. The molecule has 5 nitrogen and oxygen atoms in total. The minimum atomic E-state index is -0.141. The van der Waals surface area contributed by atoms with Crippen LogP contribution in [0.2, 0.25) is 5.02 Å². The summed E-state index contributed by atoms with van der Waals surface area (Å²) in [7, 11) is 0. The van der Waals surface area contributed by atoms with Gasteiger partial charge in [0.2, 0.25) is 0 Å². The van der Waals surface area contributed by atoms with Crippen molar-refractivity contribution >= 4 is 11.6 Å². The first-order valence-electron chi connectivity index (χ1n) is 6.16. The SMILES string of the molecule is CCn1ncnc1COc1ccc(Cl)cc1[C@@H](C)N. The third-order valence-electron chi connectivity index (χ3n) is 2.81. The first-order valence-corrected chi connectivity index (χ1v) is 6.54. The largest absolute Gasteiger partial charge is 0.485 e. The van der Waals surface area contributed by atoms with Gasteiger partial charge < -0.3 is 10.5 Å². The molecular weight excluding hydrogens is 264 g/mol. The number of aryl methyl sites for hydroxylation is 1. The Hall–Kier alpha value is -1.59. The lowest BCUT2D eigenvalue weighted by atomic mass is 10.1. The molecule has 1 heterocycles. The molecule has 19 heavy (non-hydrogen) atoms. The Balaban J connectivity index is 2.15. The fraction of sp³-hybridized carbons (Fsp3) is 0.385. The van der Waals surface area contributed by atoms with E-state index in [1.807, 2.05) is 26.0 Å². The van der Waals surface area contributed by atoms with Crippen LogP contribution in [-0.4, -0.2) is 14.8 Å². The van der Waals surface area contributed by atoms with E-state index >= 15 is 0 Å². The van der Waals surface area contributed by atoms with Gasteiger partial charge in [0, 0.05) is 23.2 Å². The zero-order valence-electron chi connectivity index (χ0n) is 11.0. The molecular formula is C13H17ClN4O. The third-order valence-corrected chi connectivity index (χ3v) is 3.05. The van der Waals surface area contributed by atoms with Crippen molar-refractivity contribution in [2.75, 3.05) is 0 Å². The highest BCUT2D eigenvalue weighted by Gasteiger charge is 2.10. The molecule has 1 aromatic heterocycles. The van der Waals surface area contributed by atoms with Crippen LogP contribution in [-0.2, 0) is 13.2 Å². The van der Waals surface area contributed by atoms with Crippen LogP contribution in [0.15, 0.2) is 24.5 Å². The smallest absolute Gasteiger partial charge is 0.164 e. The Morgan fingerprint density at radius 2 is 2.26 bits per heavy atom. The van der Waals surface area contributed by atoms with E-state index in [-0.39, 0.29) is 6.04 Å². The van der Waals surface area contributed by atoms with Crippen LogP contribution in [0.4, 0.5) is 0 Å². The summed E-state index contributed by atoms with van der Waals surface area (Å²) in [4.78, 5) is 4.16. The van der Waals surface area contributed by atoms with Gasteiger partial charge in [0.15, 0.2) is 5.82 Å². The van der Waals surface area contributed by atoms with E-state index in [2.05, 4.69) is 10.1 Å². The molecule has 0 bridgehead atoms. The number of rotatable bonds is 5. The van der Waals surface area contributed by atoms with Gasteiger partial charge in [0.05, 0.1) is 0 Å². The average molecular weight is 281 g/mol. The predicted octanol–water partition coefficient (Wildman–Crippen LogP) is 2.55. The fourth-order valence-corrected chi connectivity index (χ4v) is 1.99. The molecule has 0 unspecified atom stereocenters. The number of ether oxygens (including phenoxy) is 1. The standard InChI is InChI=1S/C13H17ClN4O/c1-3-18-13(16-8-17-18)7-19-12-5-4-10(14)6-11(12)9(2)15/h4-6,8-9H,3,7,15H2,1-2H3/t9-/m1/s1. The maximum Gasteiger partial charge on any atom is 0.164 e. The van der Waals surface area contributed by atoms with Gasteiger partial charge in [-0.1, -0.05) is 11.6 Å². The monoisotopic (exact) mass is 280 g/mol. The zero-order valence-corrected chi connectivity index (χ0v) is 11.8. The summed E-state index contributed by atoms with van der Waals surface area (Å²) < 4.78 is 7.57. The second-order valence-corrected chi connectivity index (χ2v) is 4.69. The number of aromatic nitrogens is 3. The summed E-state index contributed by atoms with van der Waals surface area (Å²) >= 11 is 5.97. The van der Waals surface area contributed by atoms with E-state index < -0.39 is 0 Å². The fourth-order valence-electron chi connectivity index (χ4n) is 1.81. The lowest BCUT2D eigenvalue weighted by Crippen LogP contribution is -2.11. The van der Waals surface area contributed by atoms with E-state index in [0.29, 0.717) is 11.6 Å². The molecule has 0 fully saturated rings. The molecule has 0 amide bonds. The number of halogens is 1. The highest BCUT2D eigenvalue weighted by atomic mass is 35.5. The molecule has 2 N–H and O–H groups in total. The molecule has 1 aromatic carbocycles. The van der Waals surface area contributed by atoms with Crippen LogP contribution < -0.4 is 10.5 Å². The van der Waals surface area contributed by atoms with E-state index in [9.17, 15) is 0 Å². The number of benzene rings is 1. The summed E-state index contributed by atoms with van der Waals surface area (Å²) in [5.41, 5.74) is 6.80. The average Bonchev–Trinajstić information content (AvgIpc) is 2.84. The highest BCUT2D eigenvalue weighted by molar-refractivity contribution is 6.30. The van der Waals surface area contributed by atoms with Crippen molar-refractivity contribution in [3.8, 4) is 5.75 Å². The minimum Gasteiger partial charge on any atom is -0.485 e. The molecule has 102 valence electrons. The molecule has 1 atom stereocenters. The van der Waals surface area contributed by atoms with Crippen molar-refractivity contribution in [2.24, 2.45) is 5.73 Å². The lowest BCUT2D eigenvalue weighted by molar-refractivity contribution is 0.283. The maximum atomic E-state index is 5.97. The first-order chi connectivity index (χ1) is 9.11. The topological polar surface area (TPSA) is 66.0 Å². The molecule has 2 rings (SSSR count). The second-order valence-electron chi connectivity index (χ2n) is 4.25. The Labute approximate surface area is 117 Å². The van der Waals surface area contributed by atoms with E-state index in [4.69, 9.17) is 22.1 Å². The quantitative estimate of drug-likeness (QED) is 0.914. The molecule has 0 aliphatic heterocycles. The van der Waals surface area contributed by atoms with Crippen molar-refractivity contribution in [1.29, 1.82) is 0 Å². The number of hydrogen-bond acceptors (Lipinski definition) is 4. The molecule has 0 aliphatic rings. The molecule has 6 heteroatoms. The Morgan fingerprint density at radius 1 is 1.47 bits per heavy atom. The predicted molar refractivity (Wildman–Crippen MR) is 74.1 cm³/mol. The van der Waals surface area contributed by atoms with Gasteiger partial charge in [-0.3, -0.25) is 0 Å². The molecule has 0 saturated carbocycles. The number of nitrogens with two attached hydrogens (primary N) is 1. The van der Waals surface area contributed by atoms with Gasteiger partial charge in [-0.25, -0.2) is 9.67 Å². The second kappa shape index (κ2) is 6.04. The summed E-state index contributed by atoms with van der Waals surface area (Å²) in [6.45, 7) is 5.02. The van der Waals surface area contributed by atoms with E-state index in [1.54, 1.807) is 10.7 Å². The highest BCUT2D eigenvalue weighted by Crippen LogP contribution is 2.27. The summed E-state index contributed by atoms with van der Waals surface area (Å²) in [5, 5.41) is 4.75. The van der Waals surface area contributed by atoms with Gasteiger partial charge in [0.25, 0.3) is 0 Å². The summed E-state index contributed by atoms with van der Waals surface area (Å²) in [6, 6.07) is 5.30. The van der Waals surface area contributed by atoms with Crippen molar-refractivity contribution < 1.29 is 4.74 Å². The minimum absolute atomic E-state index is 0.141. The van der Waals surface area contributed by atoms with Crippen LogP contribution in [0.1, 0.15) is 31.3 Å².